The van der Waals surface area contributed by atoms with E-state index in [0.29, 0.717) is 21.7 Å². The molecular formula is C24H19ClO6. The van der Waals surface area contributed by atoms with Crippen LogP contribution in [-0.4, -0.2) is 39.2 Å². The lowest BCUT2D eigenvalue weighted by Gasteiger charge is -2.20. The number of carbonyl (C=O) groups is 3. The van der Waals surface area contributed by atoms with E-state index in [4.69, 9.17) is 25.8 Å². The van der Waals surface area contributed by atoms with E-state index >= 15 is 0 Å². The van der Waals surface area contributed by atoms with Crippen LogP contribution in [0.5, 0.6) is 0 Å². The Balaban J connectivity index is 2.54. The van der Waals surface area contributed by atoms with Gasteiger partial charge in [0.05, 0.1) is 38.0 Å². The molecule has 0 aliphatic heterocycles. The van der Waals surface area contributed by atoms with Gasteiger partial charge in [0.15, 0.2) is 0 Å². The highest BCUT2D eigenvalue weighted by atomic mass is 35.5. The Bertz CT molecular complexity index is 1140. The van der Waals surface area contributed by atoms with Crippen LogP contribution < -0.4 is 0 Å². The number of rotatable bonds is 5. The Hall–Kier alpha value is -3.64. The summed E-state index contributed by atoms with van der Waals surface area (Å²) in [6.07, 6.45) is 0. The molecule has 3 aromatic rings. The van der Waals surface area contributed by atoms with Crippen LogP contribution in [0.25, 0.3) is 22.3 Å². The largest absolute Gasteiger partial charge is 0.465 e. The number of carbonyl (C=O) groups excluding carboxylic acids is 3. The van der Waals surface area contributed by atoms with Gasteiger partial charge in [-0.2, -0.15) is 0 Å². The standard InChI is InChI=1S/C24H19ClO6/c1-29-22(26)18-13-17(14-9-11-16(25)12-10-14)20(23(27)30-2)21(24(28)31-3)19(18)15-7-5-4-6-8-15/h4-13H,1-3H3. The lowest BCUT2D eigenvalue weighted by atomic mass is 9.85. The van der Waals surface area contributed by atoms with Gasteiger partial charge in [-0.05, 0) is 34.9 Å². The molecule has 3 aromatic carbocycles. The molecular weight excluding hydrogens is 420 g/mol. The van der Waals surface area contributed by atoms with Gasteiger partial charge >= 0.3 is 17.9 Å². The third kappa shape index (κ3) is 4.29. The minimum atomic E-state index is -0.791. The molecule has 0 radical (unpaired) electrons. The number of esters is 3. The van der Waals surface area contributed by atoms with E-state index in [9.17, 15) is 14.4 Å². The van der Waals surface area contributed by atoms with E-state index in [-0.39, 0.29) is 22.3 Å². The number of halogens is 1. The van der Waals surface area contributed by atoms with Crippen molar-refractivity contribution in [3.8, 4) is 22.3 Å². The van der Waals surface area contributed by atoms with Crippen LogP contribution in [0.15, 0.2) is 60.7 Å². The number of hydrogen-bond acceptors (Lipinski definition) is 6. The van der Waals surface area contributed by atoms with Crippen LogP contribution in [-0.2, 0) is 14.2 Å². The monoisotopic (exact) mass is 438 g/mol. The van der Waals surface area contributed by atoms with Crippen molar-refractivity contribution in [2.75, 3.05) is 21.3 Å². The lowest BCUT2D eigenvalue weighted by Crippen LogP contribution is -2.18. The Kier molecular flexibility index (Phi) is 6.72. The average molecular weight is 439 g/mol. The predicted molar refractivity (Wildman–Crippen MR) is 116 cm³/mol. The first-order chi connectivity index (χ1) is 14.9. The fraction of sp³-hybridized carbons (Fsp3) is 0.125. The van der Waals surface area contributed by atoms with Gasteiger partial charge in [0.1, 0.15) is 0 Å². The molecule has 0 unspecified atom stereocenters. The molecule has 0 saturated heterocycles. The topological polar surface area (TPSA) is 78.9 Å². The van der Waals surface area contributed by atoms with Crippen LogP contribution >= 0.6 is 11.6 Å². The van der Waals surface area contributed by atoms with Crippen molar-refractivity contribution in [2.24, 2.45) is 0 Å². The summed E-state index contributed by atoms with van der Waals surface area (Å²) in [5.74, 6) is -2.21. The quantitative estimate of drug-likeness (QED) is 0.410. The molecule has 0 bridgehead atoms. The first-order valence-electron chi connectivity index (χ1n) is 9.20. The predicted octanol–water partition coefficient (Wildman–Crippen LogP) is 5.03. The number of ether oxygens (including phenoxy) is 3. The molecule has 0 aromatic heterocycles. The van der Waals surface area contributed by atoms with Crippen molar-refractivity contribution < 1.29 is 28.6 Å². The van der Waals surface area contributed by atoms with Crippen molar-refractivity contribution in [3.63, 3.8) is 0 Å². The second-order valence-corrected chi connectivity index (χ2v) is 6.88. The maximum atomic E-state index is 12.9. The van der Waals surface area contributed by atoms with Crippen molar-refractivity contribution in [2.45, 2.75) is 0 Å². The number of hydrogen-bond donors (Lipinski definition) is 0. The molecule has 0 N–H and O–H groups in total. The van der Waals surface area contributed by atoms with E-state index in [1.165, 1.54) is 27.4 Å². The Morgan fingerprint density at radius 3 is 1.77 bits per heavy atom. The van der Waals surface area contributed by atoms with Crippen LogP contribution in [0, 0.1) is 0 Å². The lowest BCUT2D eigenvalue weighted by molar-refractivity contribution is 0.0554. The Morgan fingerprint density at radius 2 is 1.23 bits per heavy atom. The van der Waals surface area contributed by atoms with Gasteiger partial charge in [-0.3, -0.25) is 0 Å². The molecule has 0 fully saturated rings. The van der Waals surface area contributed by atoms with E-state index < -0.39 is 17.9 Å². The first kappa shape index (κ1) is 22.1. The molecule has 0 atom stereocenters. The summed E-state index contributed by atoms with van der Waals surface area (Å²) in [5.41, 5.74) is 1.61. The fourth-order valence-corrected chi connectivity index (χ4v) is 3.46. The molecule has 0 spiro atoms. The third-order valence-corrected chi connectivity index (χ3v) is 4.98. The molecule has 0 heterocycles. The maximum absolute atomic E-state index is 12.9. The normalized spacial score (nSPS) is 10.3. The molecule has 31 heavy (non-hydrogen) atoms. The van der Waals surface area contributed by atoms with Gasteiger partial charge in [-0.25, -0.2) is 14.4 Å². The van der Waals surface area contributed by atoms with Gasteiger partial charge in [-0.1, -0.05) is 54.1 Å². The smallest absolute Gasteiger partial charge is 0.339 e. The summed E-state index contributed by atoms with van der Waals surface area (Å²) in [7, 11) is 3.65. The van der Waals surface area contributed by atoms with Gasteiger partial charge in [0.25, 0.3) is 0 Å². The molecule has 3 rings (SSSR count). The summed E-state index contributed by atoms with van der Waals surface area (Å²) in [4.78, 5) is 38.6. The van der Waals surface area contributed by atoms with Crippen LogP contribution in [0.3, 0.4) is 0 Å². The highest BCUT2D eigenvalue weighted by Gasteiger charge is 2.32. The summed E-state index contributed by atoms with van der Waals surface area (Å²) < 4.78 is 15.0. The van der Waals surface area contributed by atoms with E-state index in [0.717, 1.165) is 0 Å². The summed E-state index contributed by atoms with van der Waals surface area (Å²) in [6, 6.07) is 16.9. The van der Waals surface area contributed by atoms with Crippen molar-refractivity contribution >= 4 is 29.5 Å². The number of benzene rings is 3. The minimum Gasteiger partial charge on any atom is -0.465 e. The molecule has 0 amide bonds. The molecule has 0 aliphatic rings. The summed E-state index contributed by atoms with van der Waals surface area (Å²) in [6.45, 7) is 0. The number of methoxy groups -OCH3 is 3. The highest BCUT2D eigenvalue weighted by molar-refractivity contribution is 6.30. The second kappa shape index (κ2) is 9.45. The SMILES string of the molecule is COC(=O)c1cc(-c2ccc(Cl)cc2)c(C(=O)OC)c(C(=O)OC)c1-c1ccccc1. The molecule has 158 valence electrons. The van der Waals surface area contributed by atoms with E-state index in [2.05, 4.69) is 0 Å². The van der Waals surface area contributed by atoms with Crippen LogP contribution in [0.1, 0.15) is 31.1 Å². The van der Waals surface area contributed by atoms with Crippen molar-refractivity contribution in [1.29, 1.82) is 0 Å². The van der Waals surface area contributed by atoms with Crippen LogP contribution in [0.2, 0.25) is 5.02 Å². The summed E-state index contributed by atoms with van der Waals surface area (Å²) >= 11 is 6.00. The maximum Gasteiger partial charge on any atom is 0.339 e. The Morgan fingerprint density at radius 1 is 0.677 bits per heavy atom. The zero-order chi connectivity index (χ0) is 22.5. The molecule has 7 heteroatoms. The van der Waals surface area contributed by atoms with Gasteiger partial charge in [0.2, 0.25) is 0 Å². The molecule has 0 aliphatic carbocycles. The van der Waals surface area contributed by atoms with Gasteiger partial charge in [-0.15, -0.1) is 0 Å². The van der Waals surface area contributed by atoms with Crippen molar-refractivity contribution in [1.82, 2.24) is 0 Å². The van der Waals surface area contributed by atoms with Gasteiger partial charge < -0.3 is 14.2 Å². The molecule has 6 nitrogen and oxygen atoms in total. The summed E-state index contributed by atoms with van der Waals surface area (Å²) in [5, 5.41) is 0.491. The van der Waals surface area contributed by atoms with E-state index in [1.807, 2.05) is 0 Å². The highest BCUT2D eigenvalue weighted by Crippen LogP contribution is 2.38. The second-order valence-electron chi connectivity index (χ2n) is 6.44. The van der Waals surface area contributed by atoms with Crippen molar-refractivity contribution in [3.05, 3.63) is 82.4 Å². The first-order valence-corrected chi connectivity index (χ1v) is 9.58. The zero-order valence-electron chi connectivity index (χ0n) is 17.1. The molecule has 0 saturated carbocycles. The van der Waals surface area contributed by atoms with Crippen LogP contribution in [0.4, 0.5) is 0 Å². The third-order valence-electron chi connectivity index (χ3n) is 4.73. The average Bonchev–Trinajstić information content (AvgIpc) is 2.82. The van der Waals surface area contributed by atoms with Gasteiger partial charge in [0, 0.05) is 10.6 Å². The fourth-order valence-electron chi connectivity index (χ4n) is 3.34. The minimum absolute atomic E-state index is 0.0248. The van der Waals surface area contributed by atoms with E-state index in [1.54, 1.807) is 54.6 Å². The Labute approximate surface area is 184 Å². The zero-order valence-corrected chi connectivity index (χ0v) is 17.9.